The van der Waals surface area contributed by atoms with Gasteiger partial charge in [0.05, 0.1) is 21.4 Å². The van der Waals surface area contributed by atoms with Gasteiger partial charge in [0.25, 0.3) is 0 Å². The average molecular weight is 288 g/mol. The number of hydrogen-bond acceptors (Lipinski definition) is 3. The standard InChI is InChI=1S/C13H19Cl2N3/c1-18-4-2-9(3-5-18)8-17-13-7-11(15)10(14)6-12(13)16/h6-7,9,17H,2-5,8,16H2,1H3. The highest BCUT2D eigenvalue weighted by atomic mass is 35.5. The van der Waals surface area contributed by atoms with E-state index in [-0.39, 0.29) is 0 Å². The molecule has 0 bridgehead atoms. The van der Waals surface area contributed by atoms with E-state index in [0.717, 1.165) is 12.2 Å². The fourth-order valence-corrected chi connectivity index (χ4v) is 2.57. The van der Waals surface area contributed by atoms with E-state index >= 15 is 0 Å². The molecule has 0 aromatic heterocycles. The Hall–Kier alpha value is -0.640. The summed E-state index contributed by atoms with van der Waals surface area (Å²) in [7, 11) is 2.17. The zero-order valence-corrected chi connectivity index (χ0v) is 12.1. The van der Waals surface area contributed by atoms with E-state index in [1.807, 2.05) is 0 Å². The summed E-state index contributed by atoms with van der Waals surface area (Å²) in [6.45, 7) is 3.28. The molecule has 1 aliphatic heterocycles. The fourth-order valence-electron chi connectivity index (χ4n) is 2.24. The summed E-state index contributed by atoms with van der Waals surface area (Å²) >= 11 is 11.9. The predicted molar refractivity (Wildman–Crippen MR) is 79.6 cm³/mol. The monoisotopic (exact) mass is 287 g/mol. The van der Waals surface area contributed by atoms with Crippen molar-refractivity contribution in [3.63, 3.8) is 0 Å². The topological polar surface area (TPSA) is 41.3 Å². The van der Waals surface area contributed by atoms with Crippen LogP contribution in [-0.2, 0) is 0 Å². The summed E-state index contributed by atoms with van der Waals surface area (Å²) < 4.78 is 0. The highest BCUT2D eigenvalue weighted by molar-refractivity contribution is 6.42. The van der Waals surface area contributed by atoms with E-state index in [9.17, 15) is 0 Å². The number of hydrogen-bond donors (Lipinski definition) is 2. The number of rotatable bonds is 3. The van der Waals surface area contributed by atoms with Gasteiger partial charge in [-0.15, -0.1) is 0 Å². The van der Waals surface area contributed by atoms with Gasteiger partial charge in [-0.1, -0.05) is 23.2 Å². The molecule has 1 fully saturated rings. The number of likely N-dealkylation sites (tertiary alicyclic amines) is 1. The number of halogens is 2. The van der Waals surface area contributed by atoms with Crippen molar-refractivity contribution >= 4 is 34.6 Å². The second-order valence-electron chi connectivity index (χ2n) is 4.98. The summed E-state index contributed by atoms with van der Waals surface area (Å²) in [5.41, 5.74) is 7.44. The Morgan fingerprint density at radius 2 is 1.89 bits per heavy atom. The first-order chi connectivity index (χ1) is 8.56. The van der Waals surface area contributed by atoms with Crippen LogP contribution in [0.15, 0.2) is 12.1 Å². The van der Waals surface area contributed by atoms with E-state index in [2.05, 4.69) is 17.3 Å². The largest absolute Gasteiger partial charge is 0.397 e. The molecule has 0 radical (unpaired) electrons. The lowest BCUT2D eigenvalue weighted by molar-refractivity contribution is 0.226. The molecule has 1 aliphatic rings. The van der Waals surface area contributed by atoms with E-state index in [0.29, 0.717) is 21.7 Å². The van der Waals surface area contributed by atoms with Gasteiger partial charge < -0.3 is 16.0 Å². The lowest BCUT2D eigenvalue weighted by atomic mass is 9.97. The minimum atomic E-state index is 0.499. The van der Waals surface area contributed by atoms with E-state index in [1.165, 1.54) is 25.9 Å². The molecule has 0 amide bonds. The smallest absolute Gasteiger partial charge is 0.0614 e. The number of nitrogen functional groups attached to an aromatic ring is 1. The van der Waals surface area contributed by atoms with Crippen LogP contribution in [0.1, 0.15) is 12.8 Å². The predicted octanol–water partition coefficient (Wildman–Crippen LogP) is 3.33. The van der Waals surface area contributed by atoms with Gasteiger partial charge >= 0.3 is 0 Å². The van der Waals surface area contributed by atoms with Gasteiger partial charge in [-0.25, -0.2) is 0 Å². The van der Waals surface area contributed by atoms with Crippen molar-refractivity contribution in [3.8, 4) is 0 Å². The summed E-state index contributed by atoms with van der Waals surface area (Å²) in [4.78, 5) is 2.37. The molecule has 1 aromatic rings. The van der Waals surface area contributed by atoms with Crippen LogP contribution in [0.5, 0.6) is 0 Å². The summed E-state index contributed by atoms with van der Waals surface area (Å²) in [6.07, 6.45) is 2.45. The molecule has 0 spiro atoms. The molecule has 0 unspecified atom stereocenters. The number of nitrogens with zero attached hydrogens (tertiary/aromatic N) is 1. The van der Waals surface area contributed by atoms with Crippen LogP contribution in [0.25, 0.3) is 0 Å². The van der Waals surface area contributed by atoms with Crippen LogP contribution >= 0.6 is 23.2 Å². The number of nitrogens with two attached hydrogens (primary N) is 1. The summed E-state index contributed by atoms with van der Waals surface area (Å²) in [5, 5.41) is 4.42. The first-order valence-corrected chi connectivity index (χ1v) is 6.99. The van der Waals surface area contributed by atoms with Crippen LogP contribution in [0.4, 0.5) is 11.4 Å². The zero-order chi connectivity index (χ0) is 13.1. The summed E-state index contributed by atoms with van der Waals surface area (Å²) in [6, 6.07) is 3.50. The Kier molecular flexibility index (Phi) is 4.60. The fraction of sp³-hybridized carbons (Fsp3) is 0.538. The maximum Gasteiger partial charge on any atom is 0.0614 e. The molecule has 3 N–H and O–H groups in total. The molecule has 18 heavy (non-hydrogen) atoms. The molecule has 2 rings (SSSR count). The Bertz CT molecular complexity index is 415. The highest BCUT2D eigenvalue weighted by Crippen LogP contribution is 2.31. The molecule has 5 heteroatoms. The van der Waals surface area contributed by atoms with Crippen LogP contribution < -0.4 is 11.1 Å². The van der Waals surface area contributed by atoms with Crippen molar-refractivity contribution in [1.29, 1.82) is 0 Å². The third-order valence-corrected chi connectivity index (χ3v) is 4.23. The second kappa shape index (κ2) is 6.00. The number of benzene rings is 1. The van der Waals surface area contributed by atoms with Crippen LogP contribution in [-0.4, -0.2) is 31.6 Å². The Balaban J connectivity index is 1.92. The minimum absolute atomic E-state index is 0.499. The second-order valence-corrected chi connectivity index (χ2v) is 5.80. The molecule has 1 heterocycles. The molecule has 100 valence electrons. The van der Waals surface area contributed by atoms with Crippen molar-refractivity contribution in [2.24, 2.45) is 5.92 Å². The SMILES string of the molecule is CN1CCC(CNc2cc(Cl)c(Cl)cc2N)CC1. The molecule has 0 atom stereocenters. The Morgan fingerprint density at radius 1 is 1.28 bits per heavy atom. The quantitative estimate of drug-likeness (QED) is 0.838. The molecule has 1 saturated heterocycles. The summed E-state index contributed by atoms with van der Waals surface area (Å²) in [5.74, 6) is 0.704. The van der Waals surface area contributed by atoms with Crippen LogP contribution in [0.3, 0.4) is 0 Å². The Morgan fingerprint density at radius 3 is 2.56 bits per heavy atom. The molecule has 0 aliphatic carbocycles. The Labute approximate surface area is 118 Å². The maximum absolute atomic E-state index is 5.99. The van der Waals surface area contributed by atoms with E-state index < -0.39 is 0 Å². The lowest BCUT2D eigenvalue weighted by Gasteiger charge is -2.29. The van der Waals surface area contributed by atoms with Gasteiger partial charge in [-0.05, 0) is 51.0 Å². The van der Waals surface area contributed by atoms with E-state index in [4.69, 9.17) is 28.9 Å². The van der Waals surface area contributed by atoms with Gasteiger partial charge in [0, 0.05) is 6.54 Å². The zero-order valence-electron chi connectivity index (χ0n) is 10.5. The van der Waals surface area contributed by atoms with Gasteiger partial charge in [0.1, 0.15) is 0 Å². The third-order valence-electron chi connectivity index (χ3n) is 3.51. The van der Waals surface area contributed by atoms with Gasteiger partial charge in [0.2, 0.25) is 0 Å². The number of piperidine rings is 1. The highest BCUT2D eigenvalue weighted by Gasteiger charge is 2.16. The van der Waals surface area contributed by atoms with Crippen molar-refractivity contribution in [2.75, 3.05) is 37.7 Å². The van der Waals surface area contributed by atoms with Crippen LogP contribution in [0.2, 0.25) is 10.0 Å². The van der Waals surface area contributed by atoms with Crippen molar-refractivity contribution < 1.29 is 0 Å². The third kappa shape index (κ3) is 3.44. The van der Waals surface area contributed by atoms with Crippen molar-refractivity contribution in [3.05, 3.63) is 22.2 Å². The molecular weight excluding hydrogens is 269 g/mol. The van der Waals surface area contributed by atoms with Crippen LogP contribution in [0, 0.1) is 5.92 Å². The minimum Gasteiger partial charge on any atom is -0.397 e. The normalized spacial score (nSPS) is 17.9. The first-order valence-electron chi connectivity index (χ1n) is 6.23. The lowest BCUT2D eigenvalue weighted by Crippen LogP contribution is -2.33. The van der Waals surface area contributed by atoms with Gasteiger partial charge in [0.15, 0.2) is 0 Å². The molecule has 1 aromatic carbocycles. The molecule has 3 nitrogen and oxygen atoms in total. The van der Waals surface area contributed by atoms with E-state index in [1.54, 1.807) is 12.1 Å². The first kappa shape index (κ1) is 13.8. The molecular formula is C13H19Cl2N3. The van der Waals surface area contributed by atoms with Crippen molar-refractivity contribution in [2.45, 2.75) is 12.8 Å². The average Bonchev–Trinajstić information content (AvgIpc) is 2.34. The van der Waals surface area contributed by atoms with Gasteiger partial charge in [-0.3, -0.25) is 0 Å². The number of nitrogens with one attached hydrogen (secondary N) is 1. The van der Waals surface area contributed by atoms with Gasteiger partial charge in [-0.2, -0.15) is 0 Å². The number of anilines is 2. The van der Waals surface area contributed by atoms with Crippen molar-refractivity contribution in [1.82, 2.24) is 4.90 Å². The maximum atomic E-state index is 5.99. The molecule has 0 saturated carbocycles.